The quantitative estimate of drug-likeness (QED) is 0.196. The van der Waals surface area contributed by atoms with E-state index in [1.54, 1.807) is 0 Å². The smallest absolute Gasteiger partial charge is 0.155 e. The molecule has 2 aliphatic carbocycles. The van der Waals surface area contributed by atoms with E-state index in [1.165, 1.54) is 53.0 Å². The standard InChI is InChI=1S/C29H20N2.C5H8O2.Ir/c1-19-18-30-28-24-14-12-22(20-8-4-2-5-9-20)16-26(24)27-17-23(21-10-6-3-7-11-21)13-15-25(27)29(28)31-19;1-4(6)3-5(2)7;/h2-13,15-18,25H,1H3;3,6H,1-2H3;/q-2;;/b;4-3-;. The number of hydrogen-bond acceptors (Lipinski definition) is 3. The van der Waals surface area contributed by atoms with Crippen molar-refractivity contribution in [3.05, 3.63) is 142 Å². The molecule has 197 valence electrons. The minimum absolute atomic E-state index is 0. The van der Waals surface area contributed by atoms with Crippen LogP contribution < -0.4 is 10.4 Å². The largest absolute Gasteiger partial charge is 0.705 e. The van der Waals surface area contributed by atoms with Crippen LogP contribution in [0.15, 0.2) is 120 Å². The Morgan fingerprint density at radius 2 is 1.67 bits per heavy atom. The number of benzene rings is 3. The fourth-order valence-corrected chi connectivity index (χ4v) is 4.82. The second kappa shape index (κ2) is 12.2. The first-order chi connectivity index (χ1) is 18.4. The van der Waals surface area contributed by atoms with E-state index in [4.69, 9.17) is 15.4 Å². The van der Waals surface area contributed by atoms with E-state index in [0.29, 0.717) is 0 Å². The Morgan fingerprint density at radius 1 is 1.00 bits per heavy atom. The number of hydrogen-bond donors (Lipinski definition) is 1. The summed E-state index contributed by atoms with van der Waals surface area (Å²) in [6, 6.07) is 28.9. The van der Waals surface area contributed by atoms with E-state index in [9.17, 15) is 4.79 Å². The summed E-state index contributed by atoms with van der Waals surface area (Å²) >= 11 is 0. The van der Waals surface area contributed by atoms with E-state index >= 15 is 0 Å². The monoisotopic (exact) mass is 689 g/mol. The normalized spacial score (nSPS) is 16.9. The SMILES string of the molecule is CC(=O)/C=C(/C)O.CC1=C[N-]C2=c3[c-]cc(-c4ccccc4)cc3=C3C=C(c4ccccc4)C=CC3C2=N1.[Ir]. The Bertz CT molecular complexity index is 1670. The average Bonchev–Trinajstić information content (AvgIpc) is 2.93. The van der Waals surface area contributed by atoms with Gasteiger partial charge in [-0.1, -0.05) is 95.6 Å². The summed E-state index contributed by atoms with van der Waals surface area (Å²) in [4.78, 5) is 14.9. The Balaban J connectivity index is 0.000000394. The molecule has 5 heteroatoms. The molecule has 39 heavy (non-hydrogen) atoms. The van der Waals surface area contributed by atoms with Crippen molar-refractivity contribution in [2.75, 3.05) is 0 Å². The predicted octanol–water partition coefficient (Wildman–Crippen LogP) is 6.42. The number of fused-ring (bicyclic) bond motifs is 4. The van der Waals surface area contributed by atoms with Crippen LogP contribution in [0, 0.1) is 12.0 Å². The molecule has 0 saturated heterocycles. The minimum atomic E-state index is -0.125. The van der Waals surface area contributed by atoms with Crippen LogP contribution in [-0.2, 0) is 24.9 Å². The van der Waals surface area contributed by atoms with Crippen LogP contribution >= 0.6 is 0 Å². The van der Waals surface area contributed by atoms with Crippen LogP contribution in [0.5, 0.6) is 0 Å². The van der Waals surface area contributed by atoms with E-state index < -0.39 is 0 Å². The van der Waals surface area contributed by atoms with Gasteiger partial charge in [0.05, 0.1) is 5.76 Å². The molecule has 6 rings (SSSR count). The van der Waals surface area contributed by atoms with Crippen molar-refractivity contribution in [3.63, 3.8) is 0 Å². The zero-order chi connectivity index (χ0) is 26.6. The van der Waals surface area contributed by atoms with Crippen molar-refractivity contribution in [2.45, 2.75) is 20.8 Å². The molecule has 3 aliphatic rings. The first kappa shape index (κ1) is 28.0. The van der Waals surface area contributed by atoms with Crippen molar-refractivity contribution in [1.29, 1.82) is 0 Å². The number of aliphatic imine (C=N–C) groups is 1. The van der Waals surface area contributed by atoms with Crippen molar-refractivity contribution in [2.24, 2.45) is 10.9 Å². The van der Waals surface area contributed by atoms with Gasteiger partial charge in [0.15, 0.2) is 5.78 Å². The van der Waals surface area contributed by atoms with Crippen molar-refractivity contribution in [1.82, 2.24) is 0 Å². The zero-order valence-corrected chi connectivity index (χ0v) is 24.4. The van der Waals surface area contributed by atoms with Crippen molar-refractivity contribution < 1.29 is 30.0 Å². The Hall–Kier alpha value is -4.05. The number of ketones is 1. The third-order valence-corrected chi connectivity index (χ3v) is 6.44. The molecule has 0 amide bonds. The van der Waals surface area contributed by atoms with Crippen LogP contribution in [0.4, 0.5) is 0 Å². The number of carbonyl (C=O) groups is 1. The van der Waals surface area contributed by atoms with Crippen molar-refractivity contribution >= 4 is 28.3 Å². The predicted molar refractivity (Wildman–Crippen MR) is 155 cm³/mol. The molecule has 0 fully saturated rings. The molecule has 3 aromatic rings. The minimum Gasteiger partial charge on any atom is -0.705 e. The van der Waals surface area contributed by atoms with Gasteiger partial charge < -0.3 is 10.4 Å². The fourth-order valence-electron chi connectivity index (χ4n) is 4.82. The molecule has 0 bridgehead atoms. The number of aliphatic hydroxyl groups excluding tert-OH is 1. The molecule has 4 nitrogen and oxygen atoms in total. The summed E-state index contributed by atoms with van der Waals surface area (Å²) in [7, 11) is 0. The van der Waals surface area contributed by atoms with Crippen LogP contribution in [0.1, 0.15) is 26.3 Å². The molecule has 0 saturated carbocycles. The van der Waals surface area contributed by atoms with Crippen LogP contribution in [0.3, 0.4) is 0 Å². The molecule has 1 unspecified atom stereocenters. The van der Waals surface area contributed by atoms with Crippen LogP contribution in [-0.4, -0.2) is 16.6 Å². The van der Waals surface area contributed by atoms with Crippen LogP contribution in [0.2, 0.25) is 0 Å². The summed E-state index contributed by atoms with van der Waals surface area (Å²) in [5, 5.41) is 15.4. The Labute approximate surface area is 242 Å². The molecule has 0 aromatic heterocycles. The van der Waals surface area contributed by atoms with Gasteiger partial charge in [0.2, 0.25) is 0 Å². The molecule has 0 spiro atoms. The number of allylic oxidation sites excluding steroid dienone is 7. The van der Waals surface area contributed by atoms with E-state index in [-0.39, 0.29) is 37.6 Å². The van der Waals surface area contributed by atoms with Crippen LogP contribution in [0.25, 0.3) is 33.3 Å². The van der Waals surface area contributed by atoms with Gasteiger partial charge in [0, 0.05) is 37.8 Å². The molecular weight excluding hydrogens is 661 g/mol. The number of rotatable bonds is 3. The number of nitrogens with zero attached hydrogens (tertiary/aromatic N) is 2. The first-order valence-electron chi connectivity index (χ1n) is 12.6. The fraction of sp³-hybridized carbons (Fsp3) is 0.118. The molecule has 1 N–H and O–H groups in total. The second-order valence-electron chi connectivity index (χ2n) is 9.44. The summed E-state index contributed by atoms with van der Waals surface area (Å²) in [5.74, 6) is 0.0364. The molecule has 1 atom stereocenters. The number of aliphatic hydroxyl groups is 1. The summed E-state index contributed by atoms with van der Waals surface area (Å²) < 4.78 is 0. The van der Waals surface area contributed by atoms with Gasteiger partial charge in [-0.05, 0) is 37.6 Å². The van der Waals surface area contributed by atoms with Gasteiger partial charge in [-0.25, -0.2) is 0 Å². The maximum absolute atomic E-state index is 10.0. The molecular formula is C34H28IrN2O2-2. The van der Waals surface area contributed by atoms with Gasteiger partial charge >= 0.3 is 0 Å². The Kier molecular flexibility index (Phi) is 8.75. The van der Waals surface area contributed by atoms with E-state index in [2.05, 4.69) is 91.0 Å². The molecule has 1 aliphatic heterocycles. The van der Waals surface area contributed by atoms with E-state index in [1.807, 2.05) is 19.2 Å². The Morgan fingerprint density at radius 3 is 2.28 bits per heavy atom. The molecule has 1 heterocycles. The first-order valence-corrected chi connectivity index (χ1v) is 12.6. The average molecular weight is 689 g/mol. The molecule has 1 radical (unpaired) electrons. The van der Waals surface area contributed by atoms with Gasteiger partial charge in [0.1, 0.15) is 0 Å². The van der Waals surface area contributed by atoms with Gasteiger partial charge in [0.25, 0.3) is 0 Å². The summed E-state index contributed by atoms with van der Waals surface area (Å²) in [5.41, 5.74) is 8.95. The number of carbonyl (C=O) groups excluding carboxylic acids is 1. The van der Waals surface area contributed by atoms with Gasteiger partial charge in [-0.2, -0.15) is 17.1 Å². The third-order valence-electron chi connectivity index (χ3n) is 6.44. The summed E-state index contributed by atoms with van der Waals surface area (Å²) in [6.07, 6.45) is 9.81. The van der Waals surface area contributed by atoms with E-state index in [0.717, 1.165) is 22.3 Å². The maximum Gasteiger partial charge on any atom is 0.155 e. The summed E-state index contributed by atoms with van der Waals surface area (Å²) in [6.45, 7) is 4.85. The topological polar surface area (TPSA) is 63.8 Å². The van der Waals surface area contributed by atoms with Crippen molar-refractivity contribution in [3.8, 4) is 11.1 Å². The molecule has 3 aromatic carbocycles. The van der Waals surface area contributed by atoms with Gasteiger partial charge in [-0.15, -0.1) is 23.4 Å². The van der Waals surface area contributed by atoms with Gasteiger partial charge in [-0.3, -0.25) is 9.79 Å². The second-order valence-corrected chi connectivity index (χ2v) is 9.44. The maximum atomic E-state index is 10.0. The zero-order valence-electron chi connectivity index (χ0n) is 22.0. The third kappa shape index (κ3) is 6.17.